The monoisotopic (exact) mass is 180 g/mol. The predicted molar refractivity (Wildman–Crippen MR) is 51.4 cm³/mol. The summed E-state index contributed by atoms with van der Waals surface area (Å²) in [4.78, 5) is 9.00. The summed E-state index contributed by atoms with van der Waals surface area (Å²) >= 11 is 0. The van der Waals surface area contributed by atoms with E-state index in [-0.39, 0.29) is 5.76 Å². The lowest BCUT2D eigenvalue weighted by Gasteiger charge is -1.93. The van der Waals surface area contributed by atoms with Gasteiger partial charge in [0, 0.05) is 12.5 Å². The molecule has 3 nitrogen and oxygen atoms in total. The molecule has 3 heteroatoms. The molecule has 0 unspecified atom stereocenters. The third-order valence-electron chi connectivity index (χ3n) is 1.11. The zero-order valence-corrected chi connectivity index (χ0v) is 7.40. The second-order valence-electron chi connectivity index (χ2n) is 2.33. The van der Waals surface area contributed by atoms with Gasteiger partial charge in [0.2, 0.25) is 0 Å². The molecule has 1 aromatic rings. The third-order valence-corrected chi connectivity index (χ3v) is 1.11. The number of aliphatic hydroxyl groups excluding tert-OH is 1. The van der Waals surface area contributed by atoms with Crippen LogP contribution in [-0.4, -0.2) is 16.2 Å². The topological polar surface area (TPSA) is 57.5 Å². The molecule has 0 saturated carbocycles. The van der Waals surface area contributed by atoms with Gasteiger partial charge in [0.15, 0.2) is 0 Å². The number of carbonyl (C=O) groups is 1. The summed E-state index contributed by atoms with van der Waals surface area (Å²) in [7, 11) is 0. The Morgan fingerprint density at radius 1 is 1.23 bits per heavy atom. The van der Waals surface area contributed by atoms with E-state index in [9.17, 15) is 0 Å². The van der Waals surface area contributed by atoms with Crippen LogP contribution in [0.15, 0.2) is 36.9 Å². The molecule has 1 aromatic carbocycles. The van der Waals surface area contributed by atoms with E-state index >= 15 is 0 Å². The van der Waals surface area contributed by atoms with Crippen LogP contribution in [0.1, 0.15) is 12.5 Å². The van der Waals surface area contributed by atoms with Gasteiger partial charge in [-0.2, -0.15) is 0 Å². The van der Waals surface area contributed by atoms with Gasteiger partial charge in [0.05, 0.1) is 0 Å². The minimum atomic E-state index is -0.833. The van der Waals surface area contributed by atoms with Gasteiger partial charge in [-0.1, -0.05) is 36.9 Å². The van der Waals surface area contributed by atoms with Gasteiger partial charge in [-0.3, -0.25) is 4.79 Å². The molecule has 0 spiro atoms. The molecule has 0 aliphatic carbocycles. The fourth-order valence-electron chi connectivity index (χ4n) is 0.631. The van der Waals surface area contributed by atoms with E-state index in [1.807, 2.05) is 30.3 Å². The zero-order valence-electron chi connectivity index (χ0n) is 7.40. The van der Waals surface area contributed by atoms with Crippen LogP contribution >= 0.6 is 0 Å². The fourth-order valence-corrected chi connectivity index (χ4v) is 0.631. The number of hydrogen-bond donors (Lipinski definition) is 2. The Bertz CT molecular complexity index is 273. The van der Waals surface area contributed by atoms with Crippen molar-refractivity contribution < 1.29 is 15.0 Å². The Morgan fingerprint density at radius 2 is 1.62 bits per heavy atom. The minimum Gasteiger partial charge on any atom is -0.508 e. The van der Waals surface area contributed by atoms with Gasteiger partial charge in [-0.05, 0) is 0 Å². The van der Waals surface area contributed by atoms with Gasteiger partial charge in [0.1, 0.15) is 5.76 Å². The van der Waals surface area contributed by atoms with Gasteiger partial charge < -0.3 is 10.2 Å². The lowest BCUT2D eigenvalue weighted by Crippen LogP contribution is -1.78. The average Bonchev–Trinajstić information content (AvgIpc) is 2.05. The van der Waals surface area contributed by atoms with E-state index in [2.05, 4.69) is 6.58 Å². The summed E-state index contributed by atoms with van der Waals surface area (Å²) < 4.78 is 0. The summed E-state index contributed by atoms with van der Waals surface area (Å²) in [5.74, 6) is -0.712. The largest absolute Gasteiger partial charge is 0.508 e. The molecule has 0 aliphatic heterocycles. The average molecular weight is 180 g/mol. The van der Waals surface area contributed by atoms with Crippen LogP contribution < -0.4 is 0 Å². The van der Waals surface area contributed by atoms with Crippen LogP contribution in [0.25, 0.3) is 5.76 Å². The molecule has 70 valence electrons. The van der Waals surface area contributed by atoms with Crippen molar-refractivity contribution in [3.05, 3.63) is 42.5 Å². The molecule has 0 heterocycles. The highest BCUT2D eigenvalue weighted by atomic mass is 16.4. The van der Waals surface area contributed by atoms with Gasteiger partial charge in [0.25, 0.3) is 5.97 Å². The van der Waals surface area contributed by atoms with E-state index in [0.29, 0.717) is 0 Å². The van der Waals surface area contributed by atoms with Crippen LogP contribution in [0, 0.1) is 0 Å². The lowest BCUT2D eigenvalue weighted by molar-refractivity contribution is -0.134. The van der Waals surface area contributed by atoms with Crippen LogP contribution in [-0.2, 0) is 4.79 Å². The number of carboxylic acids is 1. The van der Waals surface area contributed by atoms with E-state index in [1.165, 1.54) is 0 Å². The van der Waals surface area contributed by atoms with E-state index < -0.39 is 5.97 Å². The molecule has 0 fully saturated rings. The Kier molecular flexibility index (Phi) is 5.03. The number of aliphatic carboxylic acids is 1. The maximum absolute atomic E-state index is 9.00. The van der Waals surface area contributed by atoms with Gasteiger partial charge >= 0.3 is 0 Å². The summed E-state index contributed by atoms with van der Waals surface area (Å²) in [6.45, 7) is 4.46. The van der Waals surface area contributed by atoms with Crippen LogP contribution in [0.5, 0.6) is 0 Å². The predicted octanol–water partition coefficient (Wildman–Crippen LogP) is 2.31. The normalized spacial score (nSPS) is 8.08. The van der Waals surface area contributed by atoms with Crippen molar-refractivity contribution in [3.63, 3.8) is 0 Å². The third kappa shape index (κ3) is 6.62. The smallest absolute Gasteiger partial charge is 0.300 e. The molecule has 2 N–H and O–H groups in total. The number of carboxylic acid groups (broad SMARTS) is 1. The van der Waals surface area contributed by atoms with E-state index in [0.717, 1.165) is 12.5 Å². The van der Waals surface area contributed by atoms with Crippen molar-refractivity contribution in [1.29, 1.82) is 0 Å². The number of benzene rings is 1. The summed E-state index contributed by atoms with van der Waals surface area (Å²) in [6, 6.07) is 9.23. The van der Waals surface area contributed by atoms with E-state index in [4.69, 9.17) is 15.0 Å². The minimum absolute atomic E-state index is 0.121. The molecule has 0 amide bonds. The Labute approximate surface area is 77.0 Å². The van der Waals surface area contributed by atoms with Crippen LogP contribution in [0.4, 0.5) is 0 Å². The molecular formula is C10H12O3. The Balaban J connectivity index is 0.000000310. The lowest BCUT2D eigenvalue weighted by atomic mass is 10.2. The van der Waals surface area contributed by atoms with Crippen molar-refractivity contribution in [2.24, 2.45) is 0 Å². The highest BCUT2D eigenvalue weighted by Crippen LogP contribution is 2.06. The van der Waals surface area contributed by atoms with Crippen molar-refractivity contribution in [2.45, 2.75) is 6.92 Å². The zero-order chi connectivity index (χ0) is 10.3. The first-order valence-electron chi connectivity index (χ1n) is 3.67. The second kappa shape index (κ2) is 5.83. The number of rotatable bonds is 1. The summed E-state index contributed by atoms with van der Waals surface area (Å²) in [5, 5.41) is 16.2. The van der Waals surface area contributed by atoms with Gasteiger partial charge in [-0.25, -0.2) is 0 Å². The highest BCUT2D eigenvalue weighted by Gasteiger charge is 1.89. The first-order chi connectivity index (χ1) is 6.04. The molecule has 0 aromatic heterocycles. The highest BCUT2D eigenvalue weighted by molar-refractivity contribution is 5.62. The Morgan fingerprint density at radius 3 is 1.85 bits per heavy atom. The SMILES string of the molecule is C=C(O)c1ccccc1.CC(=O)O. The summed E-state index contributed by atoms with van der Waals surface area (Å²) in [5.41, 5.74) is 0.775. The van der Waals surface area contributed by atoms with Crippen molar-refractivity contribution in [3.8, 4) is 0 Å². The Hall–Kier alpha value is -1.77. The standard InChI is InChI=1S/C8H8O.C2H4O2/c1-7(9)8-5-3-2-4-6-8;1-2(3)4/h2-6,9H,1H2;1H3,(H,3,4). The molecular weight excluding hydrogens is 168 g/mol. The van der Waals surface area contributed by atoms with Crippen molar-refractivity contribution in [2.75, 3.05) is 0 Å². The first-order valence-corrected chi connectivity index (χ1v) is 3.67. The summed E-state index contributed by atoms with van der Waals surface area (Å²) in [6.07, 6.45) is 0. The molecule has 0 aliphatic rings. The molecule has 0 atom stereocenters. The molecule has 0 bridgehead atoms. The second-order valence-corrected chi connectivity index (χ2v) is 2.33. The van der Waals surface area contributed by atoms with E-state index in [1.54, 1.807) is 0 Å². The fraction of sp³-hybridized carbons (Fsp3) is 0.100. The molecule has 13 heavy (non-hydrogen) atoms. The van der Waals surface area contributed by atoms with Crippen molar-refractivity contribution in [1.82, 2.24) is 0 Å². The number of aliphatic hydroxyl groups is 1. The van der Waals surface area contributed by atoms with Crippen molar-refractivity contribution >= 4 is 11.7 Å². The number of hydrogen-bond acceptors (Lipinski definition) is 2. The van der Waals surface area contributed by atoms with Crippen LogP contribution in [0.3, 0.4) is 0 Å². The maximum Gasteiger partial charge on any atom is 0.300 e. The van der Waals surface area contributed by atoms with Gasteiger partial charge in [-0.15, -0.1) is 0 Å². The molecule has 1 rings (SSSR count). The molecule has 0 radical (unpaired) electrons. The maximum atomic E-state index is 9.00. The quantitative estimate of drug-likeness (QED) is 0.652. The first kappa shape index (κ1) is 11.2. The van der Waals surface area contributed by atoms with Crippen LogP contribution in [0.2, 0.25) is 0 Å². The molecule has 0 saturated heterocycles.